The van der Waals surface area contributed by atoms with Crippen LogP contribution in [0.5, 0.6) is 0 Å². The maximum Gasteiger partial charge on any atom is 0.326 e. The minimum Gasteiger partial charge on any atom is -0.480 e. The molecule has 5 unspecified atom stereocenters. The number of nitrogens with one attached hydrogen (secondary N) is 4. The summed E-state index contributed by atoms with van der Waals surface area (Å²) < 4.78 is 0. The van der Waals surface area contributed by atoms with E-state index in [1.54, 1.807) is 0 Å². The highest BCUT2D eigenvalue weighted by Crippen LogP contribution is 2.03. The minimum absolute atomic E-state index is 0.144. The number of imidazole rings is 1. The molecule has 0 aliphatic heterocycles. The van der Waals surface area contributed by atoms with Gasteiger partial charge in [-0.1, -0.05) is 0 Å². The lowest BCUT2D eigenvalue weighted by Crippen LogP contribution is -2.59. The molecule has 0 spiro atoms. The van der Waals surface area contributed by atoms with Gasteiger partial charge >= 0.3 is 5.97 Å². The first kappa shape index (κ1) is 28.0. The second-order valence-corrected chi connectivity index (χ2v) is 7.41. The van der Waals surface area contributed by atoms with Crippen molar-refractivity contribution < 1.29 is 39.0 Å². The molecular weight excluding hydrogens is 456 g/mol. The number of aliphatic hydroxyl groups excluding tert-OH is 1. The number of aliphatic hydroxyl groups is 1. The second kappa shape index (κ2) is 12.9. The van der Waals surface area contributed by atoms with Crippen molar-refractivity contribution in [1.29, 1.82) is 0 Å². The predicted molar refractivity (Wildman–Crippen MR) is 113 cm³/mol. The Morgan fingerprint density at radius 1 is 0.941 bits per heavy atom. The number of hydrogen-bond donors (Lipinski definition) is 9. The molecule has 34 heavy (non-hydrogen) atoms. The van der Waals surface area contributed by atoms with E-state index < -0.39 is 78.6 Å². The number of carboxylic acids is 1. The molecule has 5 atom stereocenters. The molecular formula is C18H28N8O8. The molecule has 188 valence electrons. The summed E-state index contributed by atoms with van der Waals surface area (Å²) in [5, 5.41) is 25.2. The molecule has 0 fully saturated rings. The topological polar surface area (TPSA) is 286 Å². The van der Waals surface area contributed by atoms with Gasteiger partial charge in [-0.25, -0.2) is 9.78 Å². The van der Waals surface area contributed by atoms with Crippen LogP contribution in [-0.4, -0.2) is 86.0 Å². The van der Waals surface area contributed by atoms with Crippen molar-refractivity contribution in [2.24, 2.45) is 17.2 Å². The van der Waals surface area contributed by atoms with E-state index in [-0.39, 0.29) is 6.42 Å². The van der Waals surface area contributed by atoms with Crippen molar-refractivity contribution in [3.8, 4) is 0 Å². The Kier molecular flexibility index (Phi) is 10.6. The maximum atomic E-state index is 12.9. The molecule has 0 bridgehead atoms. The summed E-state index contributed by atoms with van der Waals surface area (Å²) in [5.41, 5.74) is 16.1. The third kappa shape index (κ3) is 9.21. The molecule has 0 radical (unpaired) electrons. The first-order valence-corrected chi connectivity index (χ1v) is 9.93. The minimum atomic E-state index is -1.72. The van der Waals surface area contributed by atoms with Gasteiger partial charge in [0, 0.05) is 18.3 Å². The predicted octanol–water partition coefficient (Wildman–Crippen LogP) is -5.05. The van der Waals surface area contributed by atoms with Crippen molar-refractivity contribution in [2.75, 3.05) is 0 Å². The highest BCUT2D eigenvalue weighted by Gasteiger charge is 2.32. The summed E-state index contributed by atoms with van der Waals surface area (Å²) in [5.74, 6) is -6.56. The number of aromatic nitrogens is 2. The molecule has 16 nitrogen and oxygen atoms in total. The number of aliphatic carboxylic acids is 1. The van der Waals surface area contributed by atoms with Crippen LogP contribution < -0.4 is 33.2 Å². The van der Waals surface area contributed by atoms with Crippen LogP contribution in [0.2, 0.25) is 0 Å². The molecule has 1 aromatic heterocycles. The first-order chi connectivity index (χ1) is 15.8. The summed E-state index contributed by atoms with van der Waals surface area (Å²) in [6.07, 6.45) is -0.152. The van der Waals surface area contributed by atoms with Gasteiger partial charge in [0.25, 0.3) is 0 Å². The molecule has 0 saturated carbocycles. The van der Waals surface area contributed by atoms with Crippen LogP contribution in [-0.2, 0) is 35.2 Å². The SMILES string of the molecule is CC(O)C(N)C(=O)NC(Cc1cnc[nH]1)C(=O)NC(CC(N)=O)C(=O)NC(CC(N)=O)C(=O)O. The smallest absolute Gasteiger partial charge is 0.326 e. The lowest BCUT2D eigenvalue weighted by molar-refractivity contribution is -0.144. The average Bonchev–Trinajstić information content (AvgIpc) is 3.23. The standard InChI is InChI=1S/C18H28N8O8/c1-7(27)14(21)17(32)25-9(2-8-5-22-6-23-8)15(30)24-10(3-12(19)28)16(31)26-11(18(33)34)4-13(20)29/h5-7,9-11,14,27H,2-4,21H2,1H3,(H2,19,28)(H2,20,29)(H,22,23)(H,24,30)(H,25,32)(H,26,31)(H,33,34). The number of nitrogens with two attached hydrogens (primary N) is 3. The average molecular weight is 484 g/mol. The molecule has 1 rings (SSSR count). The molecule has 1 heterocycles. The summed E-state index contributed by atoms with van der Waals surface area (Å²) in [6.45, 7) is 1.27. The van der Waals surface area contributed by atoms with E-state index in [0.29, 0.717) is 5.69 Å². The van der Waals surface area contributed by atoms with Crippen LogP contribution in [0.25, 0.3) is 0 Å². The Balaban J connectivity index is 3.08. The molecule has 16 heteroatoms. The summed E-state index contributed by atoms with van der Waals surface area (Å²) >= 11 is 0. The van der Waals surface area contributed by atoms with Crippen LogP contribution >= 0.6 is 0 Å². The van der Waals surface area contributed by atoms with Crippen molar-refractivity contribution in [3.63, 3.8) is 0 Å². The largest absolute Gasteiger partial charge is 0.480 e. The van der Waals surface area contributed by atoms with E-state index >= 15 is 0 Å². The molecule has 12 N–H and O–H groups in total. The Morgan fingerprint density at radius 2 is 1.44 bits per heavy atom. The van der Waals surface area contributed by atoms with E-state index in [1.165, 1.54) is 19.4 Å². The zero-order valence-electron chi connectivity index (χ0n) is 18.2. The first-order valence-electron chi connectivity index (χ1n) is 9.93. The number of carbonyl (C=O) groups excluding carboxylic acids is 5. The van der Waals surface area contributed by atoms with Gasteiger partial charge in [0.1, 0.15) is 24.2 Å². The molecule has 0 aliphatic carbocycles. The van der Waals surface area contributed by atoms with Gasteiger partial charge in [0.2, 0.25) is 29.5 Å². The van der Waals surface area contributed by atoms with Crippen molar-refractivity contribution in [1.82, 2.24) is 25.9 Å². The molecule has 0 saturated heterocycles. The summed E-state index contributed by atoms with van der Waals surface area (Å²) in [4.78, 5) is 78.0. The lowest BCUT2D eigenvalue weighted by atomic mass is 10.1. The third-order valence-electron chi connectivity index (χ3n) is 4.49. The van der Waals surface area contributed by atoms with Gasteiger partial charge in [-0.15, -0.1) is 0 Å². The summed E-state index contributed by atoms with van der Waals surface area (Å²) in [6, 6.07) is -6.08. The molecule has 1 aromatic rings. The van der Waals surface area contributed by atoms with Gasteiger partial charge < -0.3 is 48.3 Å². The Hall–Kier alpha value is -4.05. The van der Waals surface area contributed by atoms with Crippen molar-refractivity contribution >= 4 is 35.5 Å². The van der Waals surface area contributed by atoms with E-state index in [0.717, 1.165) is 0 Å². The maximum absolute atomic E-state index is 12.9. The Morgan fingerprint density at radius 3 is 1.91 bits per heavy atom. The Labute approximate surface area is 193 Å². The van der Waals surface area contributed by atoms with Crippen LogP contribution in [0.1, 0.15) is 25.5 Å². The number of H-pyrrole nitrogens is 1. The number of hydrogen-bond acceptors (Lipinski definition) is 9. The number of rotatable bonds is 14. The normalized spacial score (nSPS) is 15.1. The van der Waals surface area contributed by atoms with Crippen molar-refractivity contribution in [3.05, 3.63) is 18.2 Å². The number of aromatic amines is 1. The fourth-order valence-electron chi connectivity index (χ4n) is 2.67. The van der Waals surface area contributed by atoms with Crippen LogP contribution in [0.3, 0.4) is 0 Å². The van der Waals surface area contributed by atoms with Gasteiger partial charge in [0.05, 0.1) is 25.3 Å². The monoisotopic (exact) mass is 484 g/mol. The zero-order chi connectivity index (χ0) is 26.0. The lowest BCUT2D eigenvalue weighted by Gasteiger charge is -2.24. The molecule has 0 aliphatic rings. The molecule has 5 amide bonds. The van der Waals surface area contributed by atoms with Gasteiger partial charge in [0.15, 0.2) is 0 Å². The van der Waals surface area contributed by atoms with Crippen LogP contribution in [0, 0.1) is 0 Å². The van der Waals surface area contributed by atoms with Gasteiger partial charge in [-0.2, -0.15) is 0 Å². The molecule has 0 aromatic carbocycles. The Bertz CT molecular complexity index is 904. The number of amides is 5. The van der Waals surface area contributed by atoms with E-state index in [2.05, 4.69) is 20.6 Å². The van der Waals surface area contributed by atoms with E-state index in [9.17, 15) is 33.9 Å². The highest BCUT2D eigenvalue weighted by atomic mass is 16.4. The van der Waals surface area contributed by atoms with Crippen LogP contribution in [0.4, 0.5) is 0 Å². The number of carbonyl (C=O) groups is 6. The number of primary amides is 2. The van der Waals surface area contributed by atoms with E-state index in [1.807, 2.05) is 5.32 Å². The second-order valence-electron chi connectivity index (χ2n) is 7.41. The van der Waals surface area contributed by atoms with Gasteiger partial charge in [-0.05, 0) is 6.92 Å². The van der Waals surface area contributed by atoms with Crippen molar-refractivity contribution in [2.45, 2.75) is 56.5 Å². The summed E-state index contributed by atoms with van der Waals surface area (Å²) in [7, 11) is 0. The fourth-order valence-corrected chi connectivity index (χ4v) is 2.67. The highest BCUT2D eigenvalue weighted by molar-refractivity contribution is 5.96. The fraction of sp³-hybridized carbons (Fsp3) is 0.500. The van der Waals surface area contributed by atoms with E-state index in [4.69, 9.17) is 22.3 Å². The third-order valence-corrected chi connectivity index (χ3v) is 4.49. The number of carboxylic acid groups (broad SMARTS) is 1. The number of nitrogens with zero attached hydrogens (tertiary/aromatic N) is 1. The quantitative estimate of drug-likeness (QED) is 0.121. The zero-order valence-corrected chi connectivity index (χ0v) is 18.2. The van der Waals surface area contributed by atoms with Crippen LogP contribution in [0.15, 0.2) is 12.5 Å². The van der Waals surface area contributed by atoms with Gasteiger partial charge in [-0.3, -0.25) is 24.0 Å².